The van der Waals surface area contributed by atoms with Crippen molar-refractivity contribution in [3.63, 3.8) is 0 Å². The third-order valence-electron chi connectivity index (χ3n) is 5.06. The van der Waals surface area contributed by atoms with Gasteiger partial charge in [-0.25, -0.2) is 4.79 Å². The molecule has 3 rings (SSSR count). The average molecular weight is 391 g/mol. The number of nitrogens with zero attached hydrogens (tertiary/aromatic N) is 1. The van der Waals surface area contributed by atoms with E-state index in [-0.39, 0.29) is 11.5 Å². The number of hydrogen-bond acceptors (Lipinski definition) is 4. The molecule has 0 unspecified atom stereocenters. The number of anilines is 1. The maximum absolute atomic E-state index is 13.4. The lowest BCUT2D eigenvalue weighted by Crippen LogP contribution is -2.24. The van der Waals surface area contributed by atoms with Crippen LogP contribution in [0.3, 0.4) is 0 Å². The van der Waals surface area contributed by atoms with Crippen LogP contribution in [-0.4, -0.2) is 25.6 Å². The Balaban J connectivity index is 2.16. The lowest BCUT2D eigenvalue weighted by atomic mass is 10.0. The van der Waals surface area contributed by atoms with Crippen LogP contribution in [-0.2, 0) is 14.3 Å². The second-order valence-electron chi connectivity index (χ2n) is 6.89. The molecular formula is C24H25NO4. The van der Waals surface area contributed by atoms with E-state index < -0.39 is 5.97 Å². The van der Waals surface area contributed by atoms with Crippen LogP contribution in [0, 0.1) is 13.8 Å². The molecular weight excluding hydrogens is 366 g/mol. The van der Waals surface area contributed by atoms with E-state index in [1.165, 1.54) is 7.11 Å². The van der Waals surface area contributed by atoms with Gasteiger partial charge in [0.15, 0.2) is 0 Å². The third kappa shape index (κ3) is 3.81. The highest BCUT2D eigenvalue weighted by atomic mass is 16.5. The summed E-state index contributed by atoms with van der Waals surface area (Å²) in [5.74, 6) is -0.151. The molecule has 0 aromatic heterocycles. The van der Waals surface area contributed by atoms with Gasteiger partial charge in [0, 0.05) is 16.9 Å². The zero-order chi connectivity index (χ0) is 21.1. The van der Waals surface area contributed by atoms with Crippen molar-refractivity contribution in [3.05, 3.63) is 76.0 Å². The van der Waals surface area contributed by atoms with E-state index in [1.807, 2.05) is 63.2 Å². The van der Waals surface area contributed by atoms with E-state index in [2.05, 4.69) is 0 Å². The minimum Gasteiger partial charge on any atom is -0.493 e. The summed E-state index contributed by atoms with van der Waals surface area (Å²) < 4.78 is 10.6. The van der Waals surface area contributed by atoms with Gasteiger partial charge in [-0.1, -0.05) is 24.3 Å². The first-order chi connectivity index (χ1) is 13.9. The summed E-state index contributed by atoms with van der Waals surface area (Å²) in [6.07, 6.45) is 1.70. The van der Waals surface area contributed by atoms with Gasteiger partial charge in [-0.2, -0.15) is 0 Å². The molecule has 1 amide bonds. The van der Waals surface area contributed by atoms with E-state index in [0.29, 0.717) is 23.6 Å². The summed E-state index contributed by atoms with van der Waals surface area (Å²) >= 11 is 0. The highest BCUT2D eigenvalue weighted by Crippen LogP contribution is 2.37. The summed E-state index contributed by atoms with van der Waals surface area (Å²) in [6, 6.07) is 13.2. The Hall–Kier alpha value is -3.34. The van der Waals surface area contributed by atoms with Crippen molar-refractivity contribution in [2.75, 3.05) is 18.6 Å². The topological polar surface area (TPSA) is 55.8 Å². The maximum Gasteiger partial charge on any atom is 0.340 e. The minimum atomic E-state index is -0.540. The Morgan fingerprint density at radius 3 is 2.45 bits per heavy atom. The van der Waals surface area contributed by atoms with Gasteiger partial charge >= 0.3 is 5.97 Å². The SMILES string of the molecule is CCOc1ccccc1/C=C1\C(=O)N(c2ccc(C)c(C)c2)C(C)=C1C(=O)OC. The van der Waals surface area contributed by atoms with Crippen LogP contribution in [0.1, 0.15) is 30.5 Å². The van der Waals surface area contributed by atoms with Crippen LogP contribution in [0.25, 0.3) is 6.08 Å². The van der Waals surface area contributed by atoms with E-state index in [4.69, 9.17) is 9.47 Å². The third-order valence-corrected chi connectivity index (χ3v) is 5.06. The normalized spacial score (nSPS) is 15.3. The molecule has 0 saturated carbocycles. The largest absolute Gasteiger partial charge is 0.493 e. The molecule has 0 aliphatic carbocycles. The first-order valence-corrected chi connectivity index (χ1v) is 9.53. The number of amides is 1. The second kappa shape index (κ2) is 8.35. The zero-order valence-corrected chi connectivity index (χ0v) is 17.4. The number of aryl methyl sites for hydroxylation is 2. The van der Waals surface area contributed by atoms with Gasteiger partial charge in [0.1, 0.15) is 5.75 Å². The van der Waals surface area contributed by atoms with Gasteiger partial charge in [-0.3, -0.25) is 9.69 Å². The van der Waals surface area contributed by atoms with Crippen molar-refractivity contribution in [1.29, 1.82) is 0 Å². The fourth-order valence-electron chi connectivity index (χ4n) is 3.40. The monoisotopic (exact) mass is 391 g/mol. The van der Waals surface area contributed by atoms with Crippen molar-refractivity contribution < 1.29 is 19.1 Å². The Kier molecular flexibility index (Phi) is 5.87. The number of allylic oxidation sites excluding steroid dienone is 1. The molecule has 1 aliphatic heterocycles. The van der Waals surface area contributed by atoms with Crippen LogP contribution in [0.15, 0.2) is 59.3 Å². The lowest BCUT2D eigenvalue weighted by molar-refractivity contribution is -0.136. The Morgan fingerprint density at radius 2 is 1.79 bits per heavy atom. The standard InChI is InChI=1S/C24H25NO4/c1-6-29-21-10-8-7-9-18(21)14-20-22(24(27)28-5)17(4)25(23(20)26)19-12-11-15(2)16(3)13-19/h7-14H,6H2,1-5H3/b20-14-. The van der Waals surface area contributed by atoms with E-state index >= 15 is 0 Å². The number of carbonyl (C=O) groups is 2. The van der Waals surface area contributed by atoms with Crippen molar-refractivity contribution >= 4 is 23.6 Å². The van der Waals surface area contributed by atoms with E-state index in [1.54, 1.807) is 17.9 Å². The van der Waals surface area contributed by atoms with Crippen LogP contribution in [0.2, 0.25) is 0 Å². The number of esters is 1. The molecule has 0 N–H and O–H groups in total. The number of hydrogen-bond donors (Lipinski definition) is 0. The summed E-state index contributed by atoms with van der Waals surface area (Å²) in [6.45, 7) is 8.17. The predicted octanol–water partition coefficient (Wildman–Crippen LogP) is 4.58. The summed E-state index contributed by atoms with van der Waals surface area (Å²) in [5.41, 5.74) is 4.76. The van der Waals surface area contributed by atoms with Crippen LogP contribution in [0.4, 0.5) is 5.69 Å². The smallest absolute Gasteiger partial charge is 0.340 e. The Bertz CT molecular complexity index is 1030. The predicted molar refractivity (Wildman–Crippen MR) is 114 cm³/mol. The van der Waals surface area contributed by atoms with Gasteiger partial charge in [0.05, 0.1) is 24.9 Å². The zero-order valence-electron chi connectivity index (χ0n) is 17.4. The average Bonchev–Trinajstić information content (AvgIpc) is 2.95. The first kappa shape index (κ1) is 20.4. The molecule has 0 fully saturated rings. The van der Waals surface area contributed by atoms with Crippen LogP contribution >= 0.6 is 0 Å². The molecule has 5 heteroatoms. The number of benzene rings is 2. The lowest BCUT2D eigenvalue weighted by Gasteiger charge is -2.19. The molecule has 29 heavy (non-hydrogen) atoms. The molecule has 2 aromatic carbocycles. The molecule has 0 radical (unpaired) electrons. The summed E-state index contributed by atoms with van der Waals surface area (Å²) in [7, 11) is 1.32. The first-order valence-electron chi connectivity index (χ1n) is 9.53. The minimum absolute atomic E-state index is 0.266. The van der Waals surface area contributed by atoms with Crippen molar-refractivity contribution in [3.8, 4) is 5.75 Å². The van der Waals surface area contributed by atoms with Gasteiger partial charge in [0.2, 0.25) is 0 Å². The Morgan fingerprint density at radius 1 is 1.07 bits per heavy atom. The van der Waals surface area contributed by atoms with Crippen molar-refractivity contribution in [1.82, 2.24) is 0 Å². The van der Waals surface area contributed by atoms with Gasteiger partial charge in [0.25, 0.3) is 5.91 Å². The molecule has 150 valence electrons. The molecule has 0 atom stereocenters. The summed E-state index contributed by atoms with van der Waals surface area (Å²) in [5, 5.41) is 0. The van der Waals surface area contributed by atoms with Gasteiger partial charge in [-0.15, -0.1) is 0 Å². The fourth-order valence-corrected chi connectivity index (χ4v) is 3.40. The molecule has 1 heterocycles. The number of rotatable bonds is 5. The highest BCUT2D eigenvalue weighted by Gasteiger charge is 2.38. The van der Waals surface area contributed by atoms with Crippen LogP contribution in [0.5, 0.6) is 5.75 Å². The molecule has 5 nitrogen and oxygen atoms in total. The quantitative estimate of drug-likeness (QED) is 0.553. The molecule has 1 aliphatic rings. The summed E-state index contributed by atoms with van der Waals surface area (Å²) in [4.78, 5) is 27.5. The highest BCUT2D eigenvalue weighted by molar-refractivity contribution is 6.24. The van der Waals surface area contributed by atoms with Gasteiger partial charge in [-0.05, 0) is 63.1 Å². The van der Waals surface area contributed by atoms with E-state index in [0.717, 1.165) is 22.4 Å². The molecule has 2 aromatic rings. The van der Waals surface area contributed by atoms with Crippen molar-refractivity contribution in [2.24, 2.45) is 0 Å². The van der Waals surface area contributed by atoms with Gasteiger partial charge < -0.3 is 9.47 Å². The second-order valence-corrected chi connectivity index (χ2v) is 6.89. The number of ether oxygens (including phenoxy) is 2. The fraction of sp³-hybridized carbons (Fsp3) is 0.250. The van der Waals surface area contributed by atoms with Crippen molar-refractivity contribution in [2.45, 2.75) is 27.7 Å². The number of methoxy groups -OCH3 is 1. The number of carbonyl (C=O) groups excluding carboxylic acids is 2. The molecule has 0 saturated heterocycles. The molecule has 0 bridgehead atoms. The van der Waals surface area contributed by atoms with Crippen LogP contribution < -0.4 is 9.64 Å². The molecule has 0 spiro atoms. The maximum atomic E-state index is 13.4. The number of para-hydroxylation sites is 1. The Labute approximate surface area is 171 Å². The van der Waals surface area contributed by atoms with E-state index in [9.17, 15) is 9.59 Å².